The number of piperidine rings is 1. The third kappa shape index (κ3) is 8.81. The monoisotopic (exact) mass is 408 g/mol. The average Bonchev–Trinajstić information content (AvgIpc) is 3.27. The lowest BCUT2D eigenvalue weighted by molar-refractivity contribution is 0.0264. The number of ether oxygens (including phenoxy) is 2. The van der Waals surface area contributed by atoms with Gasteiger partial charge >= 0.3 is 0 Å². The smallest absolute Gasteiger partial charge is 0.191 e. The lowest BCUT2D eigenvalue weighted by atomic mass is 9.98. The fraction of sp³-hybridized carbons (Fsp3) is 0.957. The second-order valence-electron chi connectivity index (χ2n) is 9.14. The SMILES string of the molecule is CN=C(NCCCCCOC1CCCCC1)NC1CCN(CC2CCOC2)CC1. The summed E-state index contributed by atoms with van der Waals surface area (Å²) in [6, 6.07) is 0.543. The van der Waals surface area contributed by atoms with E-state index in [1.807, 2.05) is 7.05 Å². The van der Waals surface area contributed by atoms with Gasteiger partial charge in [-0.1, -0.05) is 19.3 Å². The van der Waals surface area contributed by atoms with Crippen molar-refractivity contribution in [2.24, 2.45) is 10.9 Å². The van der Waals surface area contributed by atoms with Crippen LogP contribution in [0.2, 0.25) is 0 Å². The Morgan fingerprint density at radius 3 is 2.59 bits per heavy atom. The van der Waals surface area contributed by atoms with Crippen molar-refractivity contribution in [1.82, 2.24) is 15.5 Å². The first-order chi connectivity index (χ1) is 14.3. The summed E-state index contributed by atoms with van der Waals surface area (Å²) in [5.41, 5.74) is 0. The van der Waals surface area contributed by atoms with Gasteiger partial charge in [0, 0.05) is 52.5 Å². The maximum atomic E-state index is 6.02. The molecule has 1 aliphatic carbocycles. The average molecular weight is 409 g/mol. The second-order valence-corrected chi connectivity index (χ2v) is 9.14. The Kier molecular flexibility index (Phi) is 10.6. The van der Waals surface area contributed by atoms with E-state index in [4.69, 9.17) is 9.47 Å². The Hall–Kier alpha value is -0.850. The van der Waals surface area contributed by atoms with Crippen LogP contribution in [0.3, 0.4) is 0 Å². The standard InChI is InChI=1S/C23H44N4O2/c1-24-23(25-13-6-3-7-16-29-22-8-4-2-5-9-22)26-21-10-14-27(15-11-21)18-20-12-17-28-19-20/h20-22H,2-19H2,1H3,(H2,24,25,26). The van der Waals surface area contributed by atoms with Crippen LogP contribution in [-0.2, 0) is 9.47 Å². The molecule has 1 unspecified atom stereocenters. The molecule has 2 saturated heterocycles. The fourth-order valence-electron chi connectivity index (χ4n) is 4.83. The zero-order chi connectivity index (χ0) is 20.2. The second kappa shape index (κ2) is 13.5. The van der Waals surface area contributed by atoms with Crippen LogP contribution >= 0.6 is 0 Å². The molecule has 2 heterocycles. The topological polar surface area (TPSA) is 58.1 Å². The number of hydrogen-bond acceptors (Lipinski definition) is 4. The molecule has 3 aliphatic rings. The zero-order valence-corrected chi connectivity index (χ0v) is 18.7. The summed E-state index contributed by atoms with van der Waals surface area (Å²) in [7, 11) is 1.88. The molecule has 29 heavy (non-hydrogen) atoms. The molecule has 0 amide bonds. The lowest BCUT2D eigenvalue weighted by Gasteiger charge is -2.34. The molecule has 0 aromatic rings. The van der Waals surface area contributed by atoms with Gasteiger partial charge in [0.15, 0.2) is 5.96 Å². The van der Waals surface area contributed by atoms with Crippen LogP contribution in [0.4, 0.5) is 0 Å². The molecule has 168 valence electrons. The zero-order valence-electron chi connectivity index (χ0n) is 18.7. The lowest BCUT2D eigenvalue weighted by Crippen LogP contribution is -2.49. The third-order valence-corrected chi connectivity index (χ3v) is 6.71. The highest BCUT2D eigenvalue weighted by Crippen LogP contribution is 2.20. The van der Waals surface area contributed by atoms with Crippen LogP contribution in [0, 0.1) is 5.92 Å². The molecule has 0 aromatic heterocycles. The largest absolute Gasteiger partial charge is 0.381 e. The van der Waals surface area contributed by atoms with Crippen LogP contribution in [-0.4, -0.2) is 76.1 Å². The van der Waals surface area contributed by atoms with Crippen molar-refractivity contribution in [3.8, 4) is 0 Å². The quantitative estimate of drug-likeness (QED) is 0.330. The Morgan fingerprint density at radius 1 is 1.03 bits per heavy atom. The number of nitrogens with zero attached hydrogens (tertiary/aromatic N) is 2. The van der Waals surface area contributed by atoms with E-state index in [1.54, 1.807) is 0 Å². The first-order valence-electron chi connectivity index (χ1n) is 12.2. The van der Waals surface area contributed by atoms with Crippen LogP contribution in [0.5, 0.6) is 0 Å². The van der Waals surface area contributed by atoms with Gasteiger partial charge in [-0.3, -0.25) is 4.99 Å². The predicted molar refractivity (Wildman–Crippen MR) is 120 cm³/mol. The van der Waals surface area contributed by atoms with Crippen molar-refractivity contribution in [2.75, 3.05) is 53.0 Å². The summed E-state index contributed by atoms with van der Waals surface area (Å²) in [4.78, 5) is 7.03. The van der Waals surface area contributed by atoms with Gasteiger partial charge in [0.1, 0.15) is 0 Å². The highest BCUT2D eigenvalue weighted by atomic mass is 16.5. The van der Waals surface area contributed by atoms with Crippen molar-refractivity contribution in [2.45, 2.75) is 82.8 Å². The molecule has 1 atom stereocenters. The Bertz CT molecular complexity index is 454. The number of hydrogen-bond donors (Lipinski definition) is 2. The Balaban J connectivity index is 1.18. The molecule has 0 radical (unpaired) electrons. The molecule has 2 N–H and O–H groups in total. The van der Waals surface area contributed by atoms with E-state index >= 15 is 0 Å². The molecule has 3 fully saturated rings. The molecule has 6 heteroatoms. The summed E-state index contributed by atoms with van der Waals surface area (Å²) in [6.07, 6.45) is 14.4. The molecule has 2 aliphatic heterocycles. The third-order valence-electron chi connectivity index (χ3n) is 6.71. The van der Waals surface area contributed by atoms with Crippen molar-refractivity contribution in [1.29, 1.82) is 0 Å². The Labute approximate surface area is 178 Å². The van der Waals surface area contributed by atoms with E-state index < -0.39 is 0 Å². The van der Waals surface area contributed by atoms with Gasteiger partial charge in [-0.05, 0) is 57.3 Å². The summed E-state index contributed by atoms with van der Waals surface area (Å²) < 4.78 is 11.5. The van der Waals surface area contributed by atoms with Crippen LogP contribution in [0.25, 0.3) is 0 Å². The number of guanidine groups is 1. The molecular formula is C23H44N4O2. The molecule has 0 aromatic carbocycles. The van der Waals surface area contributed by atoms with Gasteiger partial charge in [-0.2, -0.15) is 0 Å². The normalized spacial score (nSPS) is 25.4. The van der Waals surface area contributed by atoms with Gasteiger partial charge in [0.05, 0.1) is 12.7 Å². The molecule has 0 spiro atoms. The van der Waals surface area contributed by atoms with Crippen LogP contribution < -0.4 is 10.6 Å². The van der Waals surface area contributed by atoms with Gasteiger partial charge in [-0.15, -0.1) is 0 Å². The van der Waals surface area contributed by atoms with E-state index in [9.17, 15) is 0 Å². The fourth-order valence-corrected chi connectivity index (χ4v) is 4.83. The van der Waals surface area contributed by atoms with E-state index in [0.29, 0.717) is 12.1 Å². The van der Waals surface area contributed by atoms with Crippen molar-refractivity contribution in [3.63, 3.8) is 0 Å². The highest BCUT2D eigenvalue weighted by Gasteiger charge is 2.24. The van der Waals surface area contributed by atoms with Crippen molar-refractivity contribution < 1.29 is 9.47 Å². The van der Waals surface area contributed by atoms with Crippen molar-refractivity contribution in [3.05, 3.63) is 0 Å². The molecule has 6 nitrogen and oxygen atoms in total. The number of rotatable bonds is 10. The molecular weight excluding hydrogens is 364 g/mol. The highest BCUT2D eigenvalue weighted by molar-refractivity contribution is 5.79. The minimum Gasteiger partial charge on any atom is -0.381 e. The molecule has 3 rings (SSSR count). The summed E-state index contributed by atoms with van der Waals surface area (Å²) in [5.74, 6) is 1.72. The van der Waals surface area contributed by atoms with E-state index in [-0.39, 0.29) is 0 Å². The number of aliphatic imine (C=N–C) groups is 1. The van der Waals surface area contributed by atoms with Crippen LogP contribution in [0.15, 0.2) is 4.99 Å². The first-order valence-corrected chi connectivity index (χ1v) is 12.2. The van der Waals surface area contributed by atoms with Gasteiger partial charge in [-0.25, -0.2) is 0 Å². The summed E-state index contributed by atoms with van der Waals surface area (Å²) >= 11 is 0. The first kappa shape index (κ1) is 22.8. The van der Waals surface area contributed by atoms with E-state index in [0.717, 1.165) is 38.2 Å². The number of likely N-dealkylation sites (tertiary alicyclic amines) is 1. The van der Waals surface area contributed by atoms with Crippen LogP contribution in [0.1, 0.15) is 70.6 Å². The Morgan fingerprint density at radius 2 is 1.86 bits per heavy atom. The minimum absolute atomic E-state index is 0.543. The number of nitrogens with one attached hydrogen (secondary N) is 2. The molecule has 1 saturated carbocycles. The maximum Gasteiger partial charge on any atom is 0.191 e. The number of unbranched alkanes of at least 4 members (excludes halogenated alkanes) is 2. The van der Waals surface area contributed by atoms with E-state index in [2.05, 4.69) is 20.5 Å². The van der Waals surface area contributed by atoms with Crippen molar-refractivity contribution >= 4 is 5.96 Å². The van der Waals surface area contributed by atoms with Gasteiger partial charge in [0.25, 0.3) is 0 Å². The maximum absolute atomic E-state index is 6.02. The predicted octanol–water partition coefficient (Wildman–Crippen LogP) is 3.17. The summed E-state index contributed by atoms with van der Waals surface area (Å²) in [5, 5.41) is 7.12. The van der Waals surface area contributed by atoms with Gasteiger partial charge in [0.2, 0.25) is 0 Å². The molecule has 0 bridgehead atoms. The van der Waals surface area contributed by atoms with Gasteiger partial charge < -0.3 is 25.0 Å². The minimum atomic E-state index is 0.543. The summed E-state index contributed by atoms with van der Waals surface area (Å²) in [6.45, 7) is 7.43. The van der Waals surface area contributed by atoms with E-state index in [1.165, 1.54) is 90.3 Å².